The summed E-state index contributed by atoms with van der Waals surface area (Å²) in [5.41, 5.74) is 2.19. The van der Waals surface area contributed by atoms with E-state index in [2.05, 4.69) is 21.1 Å². The van der Waals surface area contributed by atoms with Crippen LogP contribution in [-0.4, -0.2) is 18.2 Å². The fourth-order valence-electron chi connectivity index (χ4n) is 2.68. The van der Waals surface area contributed by atoms with Gasteiger partial charge in [-0.15, -0.1) is 0 Å². The third-order valence-electron chi connectivity index (χ3n) is 4.28. The van der Waals surface area contributed by atoms with E-state index in [0.29, 0.717) is 37.1 Å². The molecule has 0 unspecified atom stereocenters. The molecule has 32 heavy (non-hydrogen) atoms. The lowest BCUT2D eigenvalue weighted by Crippen LogP contribution is -1.99. The van der Waals surface area contributed by atoms with E-state index in [9.17, 15) is 10.1 Å². The van der Waals surface area contributed by atoms with Crippen molar-refractivity contribution < 1.29 is 19.2 Å². The van der Waals surface area contributed by atoms with Crippen molar-refractivity contribution >= 4 is 51.0 Å². The van der Waals surface area contributed by atoms with Gasteiger partial charge in [-0.2, -0.15) is 0 Å². The molecule has 0 amide bonds. The van der Waals surface area contributed by atoms with E-state index in [-0.39, 0.29) is 18.9 Å². The molecule has 0 N–H and O–H groups in total. The highest BCUT2D eigenvalue weighted by Crippen LogP contribution is 2.34. The first-order valence-electron chi connectivity index (χ1n) is 9.20. The van der Waals surface area contributed by atoms with Crippen LogP contribution in [0.25, 0.3) is 0 Å². The highest BCUT2D eigenvalue weighted by molar-refractivity contribution is 9.10. The first-order valence-corrected chi connectivity index (χ1v) is 10.7. The molecule has 0 saturated heterocycles. The zero-order valence-electron chi connectivity index (χ0n) is 16.8. The molecule has 0 bridgehead atoms. The minimum Gasteiger partial charge on any atom is -0.493 e. The Bertz CT molecular complexity index is 1160. The molecular formula is C22H17BrCl2N2O5. The van der Waals surface area contributed by atoms with Gasteiger partial charge in [-0.1, -0.05) is 46.6 Å². The van der Waals surface area contributed by atoms with Gasteiger partial charge in [0.1, 0.15) is 13.2 Å². The summed E-state index contributed by atoms with van der Waals surface area (Å²) >= 11 is 15.5. The lowest BCUT2D eigenvalue weighted by molar-refractivity contribution is -0.384. The molecule has 3 aromatic rings. The van der Waals surface area contributed by atoms with Crippen LogP contribution in [-0.2, 0) is 18.1 Å². The summed E-state index contributed by atoms with van der Waals surface area (Å²) in [6.45, 7) is 0.372. The van der Waals surface area contributed by atoms with E-state index in [1.54, 1.807) is 36.4 Å². The molecule has 0 saturated carbocycles. The highest BCUT2D eigenvalue weighted by atomic mass is 79.9. The van der Waals surface area contributed by atoms with Crippen molar-refractivity contribution in [2.45, 2.75) is 13.2 Å². The number of ether oxygens (including phenoxy) is 2. The molecule has 166 valence electrons. The largest absolute Gasteiger partial charge is 0.493 e. The van der Waals surface area contributed by atoms with Gasteiger partial charge >= 0.3 is 0 Å². The quantitative estimate of drug-likeness (QED) is 0.169. The summed E-state index contributed by atoms with van der Waals surface area (Å²) in [7, 11) is 1.54. The third-order valence-corrected chi connectivity index (χ3v) is 5.71. The summed E-state index contributed by atoms with van der Waals surface area (Å²) in [5.74, 6) is 1.04. The number of methoxy groups -OCH3 is 1. The predicted molar refractivity (Wildman–Crippen MR) is 127 cm³/mol. The molecule has 10 heteroatoms. The summed E-state index contributed by atoms with van der Waals surface area (Å²) in [6.07, 6.45) is 1.51. The average molecular weight is 540 g/mol. The third kappa shape index (κ3) is 6.35. The fourth-order valence-corrected chi connectivity index (χ4v) is 3.42. The monoisotopic (exact) mass is 538 g/mol. The Balaban J connectivity index is 1.65. The minimum absolute atomic E-state index is 0.000907. The Morgan fingerprint density at radius 2 is 1.81 bits per heavy atom. The molecule has 0 aliphatic rings. The highest BCUT2D eigenvalue weighted by Gasteiger charge is 2.11. The van der Waals surface area contributed by atoms with E-state index >= 15 is 0 Å². The number of halogens is 3. The topological polar surface area (TPSA) is 83.2 Å². The molecule has 0 aliphatic carbocycles. The molecule has 0 aliphatic heterocycles. The van der Waals surface area contributed by atoms with Gasteiger partial charge in [0.2, 0.25) is 0 Å². The molecule has 7 nitrogen and oxygen atoms in total. The van der Waals surface area contributed by atoms with Crippen LogP contribution in [0, 0.1) is 10.1 Å². The molecule has 0 heterocycles. The van der Waals surface area contributed by atoms with Crippen molar-refractivity contribution in [1.29, 1.82) is 0 Å². The van der Waals surface area contributed by atoms with Gasteiger partial charge in [-0.3, -0.25) is 10.1 Å². The first-order chi connectivity index (χ1) is 15.4. The standard InChI is InChI=1S/C22H17BrCl2N2O5/c1-30-21-9-16(11-26-32-13-14-3-2-4-17(7-14)27(28)29)18(23)10-22(21)31-12-15-5-6-19(24)20(25)8-15/h2-11H,12-13H2,1H3/b26-11-. The lowest BCUT2D eigenvalue weighted by Gasteiger charge is -2.13. The van der Waals surface area contributed by atoms with E-state index < -0.39 is 4.92 Å². The predicted octanol–water partition coefficient (Wildman–Crippen LogP) is 6.80. The molecule has 0 fully saturated rings. The van der Waals surface area contributed by atoms with Crippen LogP contribution in [0.4, 0.5) is 5.69 Å². The van der Waals surface area contributed by atoms with Crippen LogP contribution < -0.4 is 9.47 Å². The van der Waals surface area contributed by atoms with Gasteiger partial charge in [0, 0.05) is 22.2 Å². The van der Waals surface area contributed by atoms with Crippen molar-refractivity contribution in [3.63, 3.8) is 0 Å². The van der Waals surface area contributed by atoms with Crippen LogP contribution >= 0.6 is 39.1 Å². The number of oxime groups is 1. The smallest absolute Gasteiger partial charge is 0.269 e. The molecule has 0 atom stereocenters. The van der Waals surface area contributed by atoms with Gasteiger partial charge in [0.25, 0.3) is 5.69 Å². The summed E-state index contributed by atoms with van der Waals surface area (Å²) in [5, 5.41) is 15.7. The normalized spacial score (nSPS) is 10.9. The van der Waals surface area contributed by atoms with Gasteiger partial charge in [0.05, 0.1) is 28.3 Å². The van der Waals surface area contributed by atoms with E-state index in [1.807, 2.05) is 6.07 Å². The maximum absolute atomic E-state index is 10.8. The minimum atomic E-state index is -0.457. The van der Waals surface area contributed by atoms with E-state index in [0.717, 1.165) is 5.56 Å². The maximum Gasteiger partial charge on any atom is 0.269 e. The molecule has 3 rings (SSSR count). The van der Waals surface area contributed by atoms with Crippen LogP contribution in [0.3, 0.4) is 0 Å². The summed E-state index contributed by atoms with van der Waals surface area (Å²) in [4.78, 5) is 15.7. The molecular weight excluding hydrogens is 523 g/mol. The van der Waals surface area contributed by atoms with Crippen molar-refractivity contribution in [2.24, 2.45) is 5.16 Å². The van der Waals surface area contributed by atoms with Crippen LogP contribution in [0.5, 0.6) is 11.5 Å². The number of benzene rings is 3. The van der Waals surface area contributed by atoms with E-state index in [4.69, 9.17) is 37.5 Å². The number of rotatable bonds is 9. The van der Waals surface area contributed by atoms with Crippen LogP contribution in [0.1, 0.15) is 16.7 Å². The van der Waals surface area contributed by atoms with Crippen LogP contribution in [0.2, 0.25) is 10.0 Å². The zero-order chi connectivity index (χ0) is 23.1. The Kier molecular flexibility index (Phi) is 8.33. The van der Waals surface area contributed by atoms with Gasteiger partial charge in [-0.05, 0) is 51.3 Å². The van der Waals surface area contributed by atoms with Crippen molar-refractivity contribution in [1.82, 2.24) is 0 Å². The second-order valence-electron chi connectivity index (χ2n) is 6.50. The maximum atomic E-state index is 10.8. The SMILES string of the molecule is COc1cc(/C=N\OCc2cccc([N+](=O)[O-])c2)c(Br)cc1OCc1ccc(Cl)c(Cl)c1. The number of nitro benzene ring substituents is 1. The summed E-state index contributed by atoms with van der Waals surface area (Å²) in [6, 6.07) is 15.0. The number of hydrogen-bond donors (Lipinski definition) is 0. The van der Waals surface area contributed by atoms with Gasteiger partial charge < -0.3 is 14.3 Å². The lowest BCUT2D eigenvalue weighted by atomic mass is 10.2. The van der Waals surface area contributed by atoms with Crippen molar-refractivity contribution in [3.8, 4) is 11.5 Å². The molecule has 3 aromatic carbocycles. The number of nitro groups is 1. The zero-order valence-corrected chi connectivity index (χ0v) is 19.9. The number of non-ortho nitro benzene ring substituents is 1. The van der Waals surface area contributed by atoms with Gasteiger partial charge in [-0.25, -0.2) is 0 Å². The Labute approximate surface area is 202 Å². The van der Waals surface area contributed by atoms with Crippen molar-refractivity contribution in [3.05, 3.63) is 95.9 Å². The molecule has 0 radical (unpaired) electrons. The van der Waals surface area contributed by atoms with Crippen molar-refractivity contribution in [2.75, 3.05) is 7.11 Å². The Morgan fingerprint density at radius 1 is 1.03 bits per heavy atom. The number of hydrogen-bond acceptors (Lipinski definition) is 6. The number of nitrogens with zero attached hydrogens (tertiary/aromatic N) is 2. The Morgan fingerprint density at radius 3 is 2.53 bits per heavy atom. The fraction of sp³-hybridized carbons (Fsp3) is 0.136. The molecule has 0 spiro atoms. The second-order valence-corrected chi connectivity index (χ2v) is 8.17. The molecule has 0 aromatic heterocycles. The van der Waals surface area contributed by atoms with Gasteiger partial charge in [0.15, 0.2) is 11.5 Å². The Hall–Kier alpha value is -2.81. The summed E-state index contributed by atoms with van der Waals surface area (Å²) < 4.78 is 12.0. The van der Waals surface area contributed by atoms with E-state index in [1.165, 1.54) is 25.5 Å². The second kappa shape index (κ2) is 11.2. The first kappa shape index (κ1) is 23.8. The average Bonchev–Trinajstić information content (AvgIpc) is 2.78. The van der Waals surface area contributed by atoms with Crippen LogP contribution in [0.15, 0.2) is 64.2 Å².